The normalized spacial score (nSPS) is 10.7. The molecule has 20 heavy (non-hydrogen) atoms. The standard InChI is InChI=1S/C14H13NO4S/c1-18-11-4-2-10(3-5-14(16)17)12(8-11)19-9-13-15-6-7-20-13/h2-8H,9H2,1H3,(H,16,17)/b5-3+. The molecular weight excluding hydrogens is 278 g/mol. The Labute approximate surface area is 120 Å². The molecule has 2 aromatic rings. The number of hydrogen-bond acceptors (Lipinski definition) is 5. The molecule has 0 saturated carbocycles. The molecule has 0 bridgehead atoms. The van der Waals surface area contributed by atoms with Gasteiger partial charge >= 0.3 is 5.97 Å². The van der Waals surface area contributed by atoms with E-state index in [1.807, 2.05) is 5.38 Å². The topological polar surface area (TPSA) is 68.7 Å². The highest BCUT2D eigenvalue weighted by atomic mass is 32.1. The SMILES string of the molecule is COc1ccc(/C=C/C(=O)O)c(OCc2nccs2)c1. The molecular formula is C14H13NO4S. The Kier molecular flexibility index (Phi) is 4.73. The summed E-state index contributed by atoms with van der Waals surface area (Å²) in [6.07, 6.45) is 4.26. The van der Waals surface area contributed by atoms with E-state index < -0.39 is 5.97 Å². The van der Waals surface area contributed by atoms with Crippen molar-refractivity contribution in [3.05, 3.63) is 46.4 Å². The van der Waals surface area contributed by atoms with Crippen molar-refractivity contribution < 1.29 is 19.4 Å². The predicted molar refractivity (Wildman–Crippen MR) is 76.1 cm³/mol. The van der Waals surface area contributed by atoms with E-state index in [-0.39, 0.29) is 0 Å². The Bertz CT molecular complexity index is 608. The number of rotatable bonds is 6. The van der Waals surface area contributed by atoms with Crippen molar-refractivity contribution in [2.75, 3.05) is 7.11 Å². The number of hydrogen-bond donors (Lipinski definition) is 1. The Morgan fingerprint density at radius 3 is 3.00 bits per heavy atom. The van der Waals surface area contributed by atoms with Crippen LogP contribution in [0.25, 0.3) is 6.08 Å². The molecule has 0 amide bonds. The van der Waals surface area contributed by atoms with E-state index in [1.165, 1.54) is 17.4 Å². The predicted octanol–water partition coefficient (Wildman–Crippen LogP) is 2.83. The van der Waals surface area contributed by atoms with Crippen LogP contribution in [0, 0.1) is 0 Å². The van der Waals surface area contributed by atoms with E-state index >= 15 is 0 Å². The summed E-state index contributed by atoms with van der Waals surface area (Å²) in [5.74, 6) is 0.190. The number of carbonyl (C=O) groups is 1. The largest absolute Gasteiger partial charge is 0.497 e. The van der Waals surface area contributed by atoms with E-state index in [1.54, 1.807) is 31.5 Å². The second kappa shape index (κ2) is 6.72. The molecule has 5 nitrogen and oxygen atoms in total. The van der Waals surface area contributed by atoms with Gasteiger partial charge in [0.05, 0.1) is 7.11 Å². The lowest BCUT2D eigenvalue weighted by molar-refractivity contribution is -0.131. The molecule has 2 rings (SSSR count). The van der Waals surface area contributed by atoms with Gasteiger partial charge in [-0.15, -0.1) is 11.3 Å². The molecule has 104 valence electrons. The maximum atomic E-state index is 10.6. The van der Waals surface area contributed by atoms with Crippen LogP contribution in [0.1, 0.15) is 10.6 Å². The Balaban J connectivity index is 2.20. The van der Waals surface area contributed by atoms with Gasteiger partial charge in [-0.1, -0.05) is 0 Å². The summed E-state index contributed by atoms with van der Waals surface area (Å²) in [6, 6.07) is 5.21. The lowest BCUT2D eigenvalue weighted by Crippen LogP contribution is -1.97. The molecule has 1 N–H and O–H groups in total. The third kappa shape index (κ3) is 3.83. The van der Waals surface area contributed by atoms with Crippen molar-refractivity contribution in [2.45, 2.75) is 6.61 Å². The molecule has 6 heteroatoms. The number of aromatic nitrogens is 1. The summed E-state index contributed by atoms with van der Waals surface area (Å²) >= 11 is 1.50. The van der Waals surface area contributed by atoms with Gasteiger partial charge in [0.15, 0.2) is 0 Å². The van der Waals surface area contributed by atoms with Crippen molar-refractivity contribution in [3.63, 3.8) is 0 Å². The van der Waals surface area contributed by atoms with Crippen LogP contribution in [0.2, 0.25) is 0 Å². The van der Waals surface area contributed by atoms with Crippen LogP contribution in [-0.4, -0.2) is 23.2 Å². The van der Waals surface area contributed by atoms with Crippen LogP contribution in [0.15, 0.2) is 35.9 Å². The van der Waals surface area contributed by atoms with Gasteiger partial charge < -0.3 is 14.6 Å². The zero-order chi connectivity index (χ0) is 14.4. The molecule has 0 atom stereocenters. The number of carboxylic acid groups (broad SMARTS) is 1. The van der Waals surface area contributed by atoms with Gasteiger partial charge in [0.25, 0.3) is 0 Å². The van der Waals surface area contributed by atoms with Crippen molar-refractivity contribution in [3.8, 4) is 11.5 Å². The fourth-order valence-electron chi connectivity index (χ4n) is 1.53. The summed E-state index contributed by atoms with van der Waals surface area (Å²) in [5, 5.41) is 11.4. The van der Waals surface area contributed by atoms with Crippen LogP contribution < -0.4 is 9.47 Å². The van der Waals surface area contributed by atoms with E-state index in [0.717, 1.165) is 11.1 Å². The Hall–Kier alpha value is -2.34. The zero-order valence-corrected chi connectivity index (χ0v) is 11.6. The van der Waals surface area contributed by atoms with Gasteiger partial charge in [0.2, 0.25) is 0 Å². The number of ether oxygens (including phenoxy) is 2. The van der Waals surface area contributed by atoms with Crippen molar-refractivity contribution in [2.24, 2.45) is 0 Å². The van der Waals surface area contributed by atoms with Gasteiger partial charge in [-0.3, -0.25) is 0 Å². The Morgan fingerprint density at radius 1 is 1.50 bits per heavy atom. The van der Waals surface area contributed by atoms with Gasteiger partial charge in [-0.2, -0.15) is 0 Å². The minimum Gasteiger partial charge on any atom is -0.497 e. The van der Waals surface area contributed by atoms with E-state index in [2.05, 4.69) is 4.98 Å². The number of benzene rings is 1. The van der Waals surface area contributed by atoms with Gasteiger partial charge in [-0.05, 0) is 18.2 Å². The molecule has 0 fully saturated rings. The fraction of sp³-hybridized carbons (Fsp3) is 0.143. The minimum absolute atomic E-state index is 0.332. The first kappa shape index (κ1) is 14.1. The van der Waals surface area contributed by atoms with Crippen molar-refractivity contribution in [1.82, 2.24) is 4.98 Å². The van der Waals surface area contributed by atoms with Crippen molar-refractivity contribution >= 4 is 23.4 Å². The van der Waals surface area contributed by atoms with Crippen LogP contribution >= 0.6 is 11.3 Å². The number of thiazole rings is 1. The molecule has 1 aromatic carbocycles. The summed E-state index contributed by atoms with van der Waals surface area (Å²) in [4.78, 5) is 14.7. The quantitative estimate of drug-likeness (QED) is 0.829. The van der Waals surface area contributed by atoms with Crippen molar-refractivity contribution in [1.29, 1.82) is 0 Å². The molecule has 0 radical (unpaired) electrons. The first-order valence-electron chi connectivity index (χ1n) is 5.79. The van der Waals surface area contributed by atoms with Crippen LogP contribution in [0.3, 0.4) is 0 Å². The number of carboxylic acids is 1. The van der Waals surface area contributed by atoms with Gasteiger partial charge in [-0.25, -0.2) is 9.78 Å². The molecule has 0 spiro atoms. The monoisotopic (exact) mass is 291 g/mol. The molecule has 1 heterocycles. The summed E-state index contributed by atoms with van der Waals surface area (Å²) in [7, 11) is 1.56. The molecule has 1 aromatic heterocycles. The van der Waals surface area contributed by atoms with Gasteiger partial charge in [0.1, 0.15) is 23.1 Å². The number of methoxy groups -OCH3 is 1. The molecule has 0 aliphatic rings. The summed E-state index contributed by atoms with van der Waals surface area (Å²) < 4.78 is 10.8. The summed E-state index contributed by atoms with van der Waals surface area (Å²) in [5.41, 5.74) is 0.671. The minimum atomic E-state index is -1.01. The van der Waals surface area contributed by atoms with E-state index in [0.29, 0.717) is 23.7 Å². The zero-order valence-electron chi connectivity index (χ0n) is 10.8. The average molecular weight is 291 g/mol. The molecule has 0 saturated heterocycles. The fourth-order valence-corrected chi connectivity index (χ4v) is 2.06. The molecule has 0 aliphatic carbocycles. The highest BCUT2D eigenvalue weighted by Crippen LogP contribution is 2.27. The third-order valence-electron chi connectivity index (χ3n) is 2.46. The number of aliphatic carboxylic acids is 1. The highest BCUT2D eigenvalue weighted by Gasteiger charge is 2.05. The maximum absolute atomic E-state index is 10.6. The van der Waals surface area contributed by atoms with Crippen LogP contribution in [0.5, 0.6) is 11.5 Å². The Morgan fingerprint density at radius 2 is 2.35 bits per heavy atom. The lowest BCUT2D eigenvalue weighted by atomic mass is 10.1. The second-order valence-electron chi connectivity index (χ2n) is 3.79. The highest BCUT2D eigenvalue weighted by molar-refractivity contribution is 7.09. The smallest absolute Gasteiger partial charge is 0.328 e. The summed E-state index contributed by atoms with van der Waals surface area (Å²) in [6.45, 7) is 0.332. The third-order valence-corrected chi connectivity index (χ3v) is 3.21. The molecule has 0 unspecified atom stereocenters. The lowest BCUT2D eigenvalue weighted by Gasteiger charge is -2.09. The first-order valence-corrected chi connectivity index (χ1v) is 6.67. The van der Waals surface area contributed by atoms with E-state index in [4.69, 9.17) is 14.6 Å². The van der Waals surface area contributed by atoms with Gasteiger partial charge in [0, 0.05) is 29.3 Å². The first-order chi connectivity index (χ1) is 9.69. The van der Waals surface area contributed by atoms with Crippen LogP contribution in [-0.2, 0) is 11.4 Å². The maximum Gasteiger partial charge on any atom is 0.328 e. The second-order valence-corrected chi connectivity index (χ2v) is 4.77. The number of nitrogens with zero attached hydrogens (tertiary/aromatic N) is 1. The van der Waals surface area contributed by atoms with Crippen LogP contribution in [0.4, 0.5) is 0 Å². The average Bonchev–Trinajstić information content (AvgIpc) is 2.96. The van der Waals surface area contributed by atoms with E-state index in [9.17, 15) is 4.79 Å². The molecule has 0 aliphatic heterocycles.